The van der Waals surface area contributed by atoms with Gasteiger partial charge in [0.2, 0.25) is 11.8 Å². The van der Waals surface area contributed by atoms with Crippen molar-refractivity contribution in [1.82, 2.24) is 14.9 Å². The number of piperidine rings is 1. The zero-order valence-corrected chi connectivity index (χ0v) is 21.5. The minimum absolute atomic E-state index is 0.00671. The quantitative estimate of drug-likeness (QED) is 0.425. The Morgan fingerprint density at radius 2 is 1.92 bits per heavy atom. The first kappa shape index (κ1) is 25.5. The Labute approximate surface area is 215 Å². The number of phenolic OH excluding ortho intramolecular Hbond substituents is 1. The number of phenols is 1. The van der Waals surface area contributed by atoms with E-state index in [4.69, 9.17) is 26.8 Å². The van der Waals surface area contributed by atoms with Gasteiger partial charge in [-0.05, 0) is 69.6 Å². The molecule has 3 aromatic rings. The van der Waals surface area contributed by atoms with Gasteiger partial charge in [-0.25, -0.2) is 4.98 Å². The number of aromatic hydroxyl groups is 1. The van der Waals surface area contributed by atoms with Gasteiger partial charge < -0.3 is 30.5 Å². The lowest BCUT2D eigenvalue weighted by molar-refractivity contribution is 0.0997. The number of methoxy groups -OCH3 is 1. The normalized spacial score (nSPS) is 14.5. The summed E-state index contributed by atoms with van der Waals surface area (Å²) in [4.78, 5) is 23.5. The van der Waals surface area contributed by atoms with Crippen LogP contribution < -0.4 is 20.5 Å². The topological polar surface area (TPSA) is 123 Å². The van der Waals surface area contributed by atoms with Crippen LogP contribution >= 0.6 is 11.6 Å². The number of nitrogens with two attached hydrogens (primary N) is 1. The number of likely N-dealkylation sites (tertiary alicyclic amines) is 1. The molecule has 10 heteroatoms. The number of hydrogen-bond acceptors (Lipinski definition) is 8. The highest BCUT2D eigenvalue weighted by Crippen LogP contribution is 2.39. The smallest absolute Gasteiger partial charge is 0.256 e. The number of aromatic nitrogens is 2. The maximum absolute atomic E-state index is 12.3. The predicted octanol–water partition coefficient (Wildman–Crippen LogP) is 4.44. The number of ether oxygens (including phenoxy) is 2. The Kier molecular flexibility index (Phi) is 7.51. The van der Waals surface area contributed by atoms with E-state index in [1.165, 1.54) is 19.2 Å². The summed E-state index contributed by atoms with van der Waals surface area (Å²) in [5.74, 6) is 0.230. The number of amides is 1. The number of aryl methyl sites for hydroxylation is 1. The zero-order chi connectivity index (χ0) is 26.0. The highest BCUT2D eigenvalue weighted by Gasteiger charge is 2.25. The van der Waals surface area contributed by atoms with E-state index in [1.54, 1.807) is 6.92 Å². The molecule has 9 nitrogen and oxygen atoms in total. The number of carbonyl (C=O) groups excluding carboxylic acids is 1. The Balaban J connectivity index is 1.68. The van der Waals surface area contributed by atoms with Gasteiger partial charge in [0, 0.05) is 29.9 Å². The second-order valence-electron chi connectivity index (χ2n) is 8.94. The molecule has 1 aliphatic rings. The number of benzene rings is 2. The van der Waals surface area contributed by atoms with Crippen molar-refractivity contribution in [2.75, 3.05) is 32.6 Å². The summed E-state index contributed by atoms with van der Waals surface area (Å²) in [6.07, 6.45) is 2.19. The third kappa shape index (κ3) is 5.32. The molecule has 1 amide bonds. The van der Waals surface area contributed by atoms with Crippen molar-refractivity contribution >= 4 is 29.1 Å². The molecular weight excluding hydrogens is 482 g/mol. The van der Waals surface area contributed by atoms with Crippen molar-refractivity contribution in [3.8, 4) is 28.6 Å². The maximum atomic E-state index is 12.3. The monoisotopic (exact) mass is 511 g/mol. The first-order chi connectivity index (χ1) is 17.2. The first-order valence-corrected chi connectivity index (χ1v) is 12.0. The fourth-order valence-corrected chi connectivity index (χ4v) is 4.57. The van der Waals surface area contributed by atoms with Crippen LogP contribution in [0.4, 0.5) is 11.6 Å². The number of hydrogen-bond donors (Lipinski definition) is 3. The highest BCUT2D eigenvalue weighted by atomic mass is 35.5. The van der Waals surface area contributed by atoms with Crippen molar-refractivity contribution in [3.63, 3.8) is 0 Å². The highest BCUT2D eigenvalue weighted by molar-refractivity contribution is 6.33. The van der Waals surface area contributed by atoms with Gasteiger partial charge in [-0.3, -0.25) is 4.79 Å². The van der Waals surface area contributed by atoms with Crippen molar-refractivity contribution < 1.29 is 19.4 Å². The molecule has 1 fully saturated rings. The van der Waals surface area contributed by atoms with Gasteiger partial charge in [-0.1, -0.05) is 11.6 Å². The molecule has 0 unspecified atom stereocenters. The zero-order valence-electron chi connectivity index (χ0n) is 20.8. The molecule has 0 atom stereocenters. The lowest BCUT2D eigenvalue weighted by atomic mass is 10.0. The van der Waals surface area contributed by atoms with Crippen LogP contribution in [0.15, 0.2) is 30.3 Å². The number of nitrogens with one attached hydrogen (secondary N) is 1. The second kappa shape index (κ2) is 10.6. The minimum Gasteiger partial charge on any atom is -0.508 e. The molecule has 4 N–H and O–H groups in total. The largest absolute Gasteiger partial charge is 0.508 e. The molecular formula is C26H30ClN5O4. The minimum atomic E-state index is -0.779. The summed E-state index contributed by atoms with van der Waals surface area (Å²) in [6, 6.07) is 8.73. The SMILES string of the molecule is COc1nc(Nc2ccc(OC3CCN(C)CC3)c(C)c2)nc(-c2c(Cl)ccc(O)c2C)c1C(N)=O. The van der Waals surface area contributed by atoms with E-state index in [0.29, 0.717) is 16.1 Å². The average molecular weight is 512 g/mol. The molecule has 2 heterocycles. The molecule has 1 aliphatic heterocycles. The van der Waals surface area contributed by atoms with E-state index >= 15 is 0 Å². The molecule has 0 radical (unpaired) electrons. The van der Waals surface area contributed by atoms with Gasteiger partial charge in [0.1, 0.15) is 23.2 Å². The van der Waals surface area contributed by atoms with Gasteiger partial charge >= 0.3 is 0 Å². The summed E-state index contributed by atoms with van der Waals surface area (Å²) >= 11 is 6.45. The Bertz CT molecular complexity index is 1290. The third-order valence-electron chi connectivity index (χ3n) is 6.33. The van der Waals surface area contributed by atoms with E-state index in [2.05, 4.69) is 27.2 Å². The molecule has 0 bridgehead atoms. The summed E-state index contributed by atoms with van der Waals surface area (Å²) in [5, 5.41) is 13.7. The van der Waals surface area contributed by atoms with E-state index in [-0.39, 0.29) is 34.9 Å². The van der Waals surface area contributed by atoms with Crippen LogP contribution in [0.1, 0.15) is 34.3 Å². The Morgan fingerprint density at radius 1 is 1.19 bits per heavy atom. The molecule has 4 rings (SSSR count). The molecule has 36 heavy (non-hydrogen) atoms. The van der Waals surface area contributed by atoms with Gasteiger partial charge in [-0.15, -0.1) is 0 Å². The van der Waals surface area contributed by atoms with Gasteiger partial charge in [0.05, 0.1) is 17.8 Å². The van der Waals surface area contributed by atoms with Crippen molar-refractivity contribution in [2.24, 2.45) is 5.73 Å². The molecule has 2 aromatic carbocycles. The summed E-state index contributed by atoms with van der Waals surface area (Å²) in [6.45, 7) is 5.70. The van der Waals surface area contributed by atoms with E-state index in [0.717, 1.165) is 42.9 Å². The van der Waals surface area contributed by atoms with Crippen LogP contribution in [0.25, 0.3) is 11.3 Å². The molecule has 190 valence electrons. The molecule has 0 saturated carbocycles. The van der Waals surface area contributed by atoms with E-state index < -0.39 is 5.91 Å². The predicted molar refractivity (Wildman–Crippen MR) is 140 cm³/mol. The fraction of sp³-hybridized carbons (Fsp3) is 0.346. The molecule has 0 spiro atoms. The molecule has 0 aliphatic carbocycles. The van der Waals surface area contributed by atoms with Crippen LogP contribution in [0.3, 0.4) is 0 Å². The maximum Gasteiger partial charge on any atom is 0.256 e. The van der Waals surface area contributed by atoms with Gasteiger partial charge in [0.15, 0.2) is 0 Å². The lowest BCUT2D eigenvalue weighted by Crippen LogP contribution is -2.35. The van der Waals surface area contributed by atoms with Crippen molar-refractivity contribution in [2.45, 2.75) is 32.8 Å². The van der Waals surface area contributed by atoms with Gasteiger partial charge in [0.25, 0.3) is 5.91 Å². The van der Waals surface area contributed by atoms with E-state index in [1.807, 2.05) is 25.1 Å². The van der Waals surface area contributed by atoms with Crippen LogP contribution in [0.2, 0.25) is 5.02 Å². The van der Waals surface area contributed by atoms with Crippen molar-refractivity contribution in [3.05, 3.63) is 52.0 Å². The third-order valence-corrected chi connectivity index (χ3v) is 6.64. The van der Waals surface area contributed by atoms with Crippen LogP contribution in [0.5, 0.6) is 17.4 Å². The van der Waals surface area contributed by atoms with Crippen LogP contribution in [-0.4, -0.2) is 59.2 Å². The van der Waals surface area contributed by atoms with Crippen LogP contribution in [-0.2, 0) is 0 Å². The Morgan fingerprint density at radius 3 is 2.56 bits per heavy atom. The van der Waals surface area contributed by atoms with Crippen molar-refractivity contribution in [1.29, 1.82) is 0 Å². The summed E-state index contributed by atoms with van der Waals surface area (Å²) in [5.41, 5.74) is 8.28. The number of nitrogens with zero attached hydrogens (tertiary/aromatic N) is 3. The average Bonchev–Trinajstić information content (AvgIpc) is 2.84. The molecule has 1 aromatic heterocycles. The van der Waals surface area contributed by atoms with Gasteiger partial charge in [-0.2, -0.15) is 4.98 Å². The first-order valence-electron chi connectivity index (χ1n) is 11.6. The number of rotatable bonds is 7. The Hall–Kier alpha value is -3.56. The number of anilines is 2. The number of halogens is 1. The van der Waals surface area contributed by atoms with E-state index in [9.17, 15) is 9.90 Å². The summed E-state index contributed by atoms with van der Waals surface area (Å²) < 4.78 is 11.6. The summed E-state index contributed by atoms with van der Waals surface area (Å²) in [7, 11) is 3.51. The lowest BCUT2D eigenvalue weighted by Gasteiger charge is -2.29. The number of primary amides is 1. The second-order valence-corrected chi connectivity index (χ2v) is 9.34. The standard InChI is InChI=1S/C26H30ClN5O4/c1-14-13-16(5-8-20(14)36-17-9-11-32(3)12-10-17)29-26-30-23(22(24(28)34)25(31-26)35-4)21-15(2)19(33)7-6-18(21)27/h5-8,13,17,33H,9-12H2,1-4H3,(H2,28,34)(H,29,30,31). The van der Waals surface area contributed by atoms with Crippen LogP contribution in [0, 0.1) is 13.8 Å². The number of carbonyl (C=O) groups is 1. The fourth-order valence-electron chi connectivity index (χ4n) is 4.28. The molecule has 1 saturated heterocycles.